The summed E-state index contributed by atoms with van der Waals surface area (Å²) < 4.78 is 6.59. The van der Waals surface area contributed by atoms with E-state index in [1.54, 1.807) is 38.4 Å². The smallest absolute Gasteiger partial charge is 0.262 e. The lowest BCUT2D eigenvalue weighted by Gasteiger charge is -2.07. The summed E-state index contributed by atoms with van der Waals surface area (Å²) in [5.74, 6) is 0.920. The van der Waals surface area contributed by atoms with Gasteiger partial charge >= 0.3 is 0 Å². The van der Waals surface area contributed by atoms with E-state index in [1.807, 2.05) is 13.0 Å². The van der Waals surface area contributed by atoms with Crippen molar-refractivity contribution in [3.05, 3.63) is 51.1 Å². The number of methoxy groups -OCH3 is 1. The maximum absolute atomic E-state index is 12.4. The molecule has 0 saturated carbocycles. The highest BCUT2D eigenvalue weighted by atomic mass is 32.2. The van der Waals surface area contributed by atoms with Crippen molar-refractivity contribution in [3.8, 4) is 5.75 Å². The van der Waals surface area contributed by atoms with Crippen LogP contribution in [-0.4, -0.2) is 28.2 Å². The highest BCUT2D eigenvalue weighted by molar-refractivity contribution is 7.99. The second-order valence-electron chi connectivity index (χ2n) is 5.27. The fourth-order valence-electron chi connectivity index (χ4n) is 2.29. The Morgan fingerprint density at radius 2 is 2.04 bits per heavy atom. The zero-order valence-electron chi connectivity index (χ0n) is 13.5. The molecule has 7 heteroatoms. The maximum atomic E-state index is 12.4. The monoisotopic (exact) mass is 360 g/mol. The van der Waals surface area contributed by atoms with Crippen molar-refractivity contribution in [3.63, 3.8) is 0 Å². The molecule has 0 aliphatic carbocycles. The lowest BCUT2D eigenvalue weighted by Crippen LogP contribution is -2.19. The highest BCUT2D eigenvalue weighted by Crippen LogP contribution is 2.24. The van der Waals surface area contributed by atoms with Crippen LogP contribution >= 0.6 is 23.1 Å². The zero-order valence-corrected chi connectivity index (χ0v) is 15.2. The number of aryl methyl sites for hydroxylation is 1. The van der Waals surface area contributed by atoms with E-state index in [-0.39, 0.29) is 17.1 Å². The molecule has 0 fully saturated rings. The molecule has 0 atom stereocenters. The molecule has 0 bridgehead atoms. The van der Waals surface area contributed by atoms with Crippen LogP contribution in [0.25, 0.3) is 10.2 Å². The topological polar surface area (TPSA) is 61.2 Å². The van der Waals surface area contributed by atoms with E-state index in [0.717, 1.165) is 9.71 Å². The van der Waals surface area contributed by atoms with Crippen molar-refractivity contribution in [2.75, 3.05) is 12.9 Å². The van der Waals surface area contributed by atoms with Crippen molar-refractivity contribution in [1.82, 2.24) is 9.55 Å². The van der Waals surface area contributed by atoms with E-state index in [4.69, 9.17) is 4.74 Å². The standard InChI is InChI=1S/C17H16N2O3S2/c1-10-8-13-15(24-10)18-17(19(2)16(13)21)23-9-14(20)11-4-6-12(22-3)7-5-11/h4-8H,9H2,1-3H3. The molecule has 0 amide bonds. The molecule has 124 valence electrons. The maximum Gasteiger partial charge on any atom is 0.262 e. The summed E-state index contributed by atoms with van der Waals surface area (Å²) in [6.07, 6.45) is 0. The second kappa shape index (κ2) is 6.78. The van der Waals surface area contributed by atoms with Crippen molar-refractivity contribution in [2.45, 2.75) is 12.1 Å². The van der Waals surface area contributed by atoms with E-state index in [9.17, 15) is 9.59 Å². The molecular formula is C17H16N2O3S2. The largest absolute Gasteiger partial charge is 0.497 e. The molecule has 2 aromatic heterocycles. The Hall–Kier alpha value is -2.12. The number of thioether (sulfide) groups is 1. The Morgan fingerprint density at radius 3 is 2.71 bits per heavy atom. The van der Waals surface area contributed by atoms with Gasteiger partial charge in [-0.2, -0.15) is 0 Å². The average Bonchev–Trinajstić information content (AvgIpc) is 2.97. The molecule has 1 aromatic carbocycles. The summed E-state index contributed by atoms with van der Waals surface area (Å²) in [7, 11) is 3.27. The molecule has 0 radical (unpaired) electrons. The average molecular weight is 360 g/mol. The van der Waals surface area contributed by atoms with Crippen LogP contribution in [0.5, 0.6) is 5.75 Å². The van der Waals surface area contributed by atoms with Crippen LogP contribution in [0, 0.1) is 6.92 Å². The van der Waals surface area contributed by atoms with Gasteiger partial charge in [-0.05, 0) is 37.3 Å². The third-order valence-corrected chi connectivity index (χ3v) is 5.57. The third kappa shape index (κ3) is 3.22. The van der Waals surface area contributed by atoms with Crippen LogP contribution < -0.4 is 10.3 Å². The van der Waals surface area contributed by atoms with Gasteiger partial charge in [0.2, 0.25) is 0 Å². The summed E-state index contributed by atoms with van der Waals surface area (Å²) in [5.41, 5.74) is 0.532. The van der Waals surface area contributed by atoms with Crippen LogP contribution in [0.1, 0.15) is 15.2 Å². The summed E-state index contributed by atoms with van der Waals surface area (Å²) >= 11 is 2.76. The molecule has 0 aliphatic rings. The van der Waals surface area contributed by atoms with Gasteiger partial charge in [0.1, 0.15) is 10.6 Å². The molecule has 3 aromatic rings. The van der Waals surface area contributed by atoms with Gasteiger partial charge < -0.3 is 4.74 Å². The SMILES string of the molecule is COc1ccc(C(=O)CSc2nc3sc(C)cc3c(=O)n2C)cc1. The van der Waals surface area contributed by atoms with Gasteiger partial charge in [0.25, 0.3) is 5.56 Å². The lowest BCUT2D eigenvalue weighted by atomic mass is 10.1. The van der Waals surface area contributed by atoms with Gasteiger partial charge in [0.05, 0.1) is 18.2 Å². The first kappa shape index (κ1) is 16.7. The minimum Gasteiger partial charge on any atom is -0.497 e. The van der Waals surface area contributed by atoms with Gasteiger partial charge in [0.15, 0.2) is 10.9 Å². The van der Waals surface area contributed by atoms with Crippen LogP contribution in [0.3, 0.4) is 0 Å². The Morgan fingerprint density at radius 1 is 1.33 bits per heavy atom. The number of rotatable bonds is 5. The summed E-state index contributed by atoms with van der Waals surface area (Å²) in [6.45, 7) is 1.95. The van der Waals surface area contributed by atoms with E-state index < -0.39 is 0 Å². The predicted molar refractivity (Wildman–Crippen MR) is 97.6 cm³/mol. The normalized spacial score (nSPS) is 11.0. The Bertz CT molecular complexity index is 958. The first-order valence-corrected chi connectivity index (χ1v) is 9.07. The Labute approximate surface area is 147 Å². The van der Waals surface area contributed by atoms with Gasteiger partial charge in [-0.3, -0.25) is 14.2 Å². The van der Waals surface area contributed by atoms with Crippen LogP contribution in [0.2, 0.25) is 0 Å². The van der Waals surface area contributed by atoms with Crippen molar-refractivity contribution in [2.24, 2.45) is 7.05 Å². The van der Waals surface area contributed by atoms with Crippen LogP contribution in [-0.2, 0) is 7.05 Å². The quantitative estimate of drug-likeness (QED) is 0.397. The summed E-state index contributed by atoms with van der Waals surface area (Å²) in [6, 6.07) is 8.84. The predicted octanol–water partition coefficient (Wildman–Crippen LogP) is 3.29. The fourth-order valence-corrected chi connectivity index (χ4v) is 4.07. The van der Waals surface area contributed by atoms with Crippen molar-refractivity contribution >= 4 is 39.1 Å². The molecule has 2 heterocycles. The Balaban J connectivity index is 1.80. The van der Waals surface area contributed by atoms with E-state index >= 15 is 0 Å². The molecule has 0 unspecified atom stereocenters. The van der Waals surface area contributed by atoms with Crippen molar-refractivity contribution in [1.29, 1.82) is 0 Å². The number of ether oxygens (including phenoxy) is 1. The number of hydrogen-bond donors (Lipinski definition) is 0. The molecule has 0 aliphatic heterocycles. The molecule has 3 rings (SSSR count). The number of fused-ring (bicyclic) bond motifs is 1. The number of thiophene rings is 1. The third-order valence-electron chi connectivity index (χ3n) is 3.60. The van der Waals surface area contributed by atoms with Gasteiger partial charge in [-0.25, -0.2) is 4.98 Å². The van der Waals surface area contributed by atoms with E-state index in [0.29, 0.717) is 21.9 Å². The van der Waals surface area contributed by atoms with Crippen molar-refractivity contribution < 1.29 is 9.53 Å². The first-order valence-electron chi connectivity index (χ1n) is 7.27. The highest BCUT2D eigenvalue weighted by Gasteiger charge is 2.13. The number of Topliss-reactive ketones (excluding diaryl/α,β-unsaturated/α-hetero) is 1. The molecule has 0 N–H and O–H groups in total. The number of nitrogens with zero attached hydrogens (tertiary/aromatic N) is 2. The number of carbonyl (C=O) groups is 1. The Kier molecular flexibility index (Phi) is 4.73. The number of ketones is 1. The van der Waals surface area contributed by atoms with E-state index in [2.05, 4.69) is 4.98 Å². The lowest BCUT2D eigenvalue weighted by molar-refractivity contribution is 0.102. The zero-order chi connectivity index (χ0) is 17.3. The molecule has 5 nitrogen and oxygen atoms in total. The minimum absolute atomic E-state index is 0.0145. The molecular weight excluding hydrogens is 344 g/mol. The number of aromatic nitrogens is 2. The molecule has 0 saturated heterocycles. The van der Waals surface area contributed by atoms with Crippen LogP contribution in [0.15, 0.2) is 40.3 Å². The summed E-state index contributed by atoms with van der Waals surface area (Å²) in [5, 5.41) is 1.18. The number of hydrogen-bond acceptors (Lipinski definition) is 6. The molecule has 24 heavy (non-hydrogen) atoms. The second-order valence-corrected chi connectivity index (χ2v) is 7.45. The fraction of sp³-hybridized carbons (Fsp3) is 0.235. The number of carbonyl (C=O) groups excluding carboxylic acids is 1. The summed E-state index contributed by atoms with van der Waals surface area (Å²) in [4.78, 5) is 31.0. The molecule has 0 spiro atoms. The van der Waals surface area contributed by atoms with Gasteiger partial charge in [0, 0.05) is 17.5 Å². The minimum atomic E-state index is -0.0799. The first-order chi connectivity index (χ1) is 11.5. The number of benzene rings is 1. The van der Waals surface area contributed by atoms with Gasteiger partial charge in [-0.1, -0.05) is 11.8 Å². The van der Waals surface area contributed by atoms with Crippen LogP contribution in [0.4, 0.5) is 0 Å². The van der Waals surface area contributed by atoms with E-state index in [1.165, 1.54) is 27.7 Å². The van der Waals surface area contributed by atoms with Gasteiger partial charge in [-0.15, -0.1) is 11.3 Å².